The molecule has 0 saturated heterocycles. The zero-order valence-corrected chi connectivity index (χ0v) is 11.4. The van der Waals surface area contributed by atoms with Crippen molar-refractivity contribution in [2.75, 3.05) is 12.5 Å². The highest BCUT2D eigenvalue weighted by atomic mass is 35.5. The van der Waals surface area contributed by atoms with Crippen LogP contribution >= 0.6 is 11.6 Å². The van der Waals surface area contributed by atoms with E-state index in [2.05, 4.69) is 17.3 Å². The molecule has 0 spiro atoms. The van der Waals surface area contributed by atoms with Crippen molar-refractivity contribution in [3.05, 3.63) is 28.4 Å². The Morgan fingerprint density at radius 3 is 2.72 bits per heavy atom. The minimum atomic E-state index is 0.612. The molecule has 3 N–H and O–H groups in total. The predicted octanol–water partition coefficient (Wildman–Crippen LogP) is 3.05. The Bertz CT molecular complexity index is 599. The quantitative estimate of drug-likeness (QED) is 0.661. The van der Waals surface area contributed by atoms with Gasteiger partial charge in [-0.15, -0.1) is 0 Å². The summed E-state index contributed by atoms with van der Waals surface area (Å²) in [7, 11) is 1.61. The summed E-state index contributed by atoms with van der Waals surface area (Å²) < 4.78 is 5.32. The molecule has 0 aliphatic carbocycles. The minimum absolute atomic E-state index is 0.612. The summed E-state index contributed by atoms with van der Waals surface area (Å²) in [5.41, 5.74) is 6.29. The molecule has 0 aliphatic rings. The lowest BCUT2D eigenvalue weighted by atomic mass is 10.0. The monoisotopic (exact) mass is 265 g/mol. The third-order valence-corrected chi connectivity index (χ3v) is 3.39. The maximum Gasteiger partial charge on any atom is 0.145 e. The van der Waals surface area contributed by atoms with E-state index in [4.69, 9.17) is 22.2 Å². The fourth-order valence-corrected chi connectivity index (χ4v) is 2.47. The molecule has 1 aromatic heterocycles. The summed E-state index contributed by atoms with van der Waals surface area (Å²) in [5, 5.41) is 1.42. The maximum absolute atomic E-state index is 6.26. The maximum atomic E-state index is 6.26. The number of halogens is 1. The van der Waals surface area contributed by atoms with Crippen LogP contribution in [0.15, 0.2) is 12.1 Å². The number of fused-ring (bicyclic) bond motifs is 1. The Morgan fingerprint density at radius 1 is 1.44 bits per heavy atom. The molecule has 0 atom stereocenters. The number of nitrogens with two attached hydrogens (primary N) is 1. The van der Waals surface area contributed by atoms with E-state index in [1.807, 2.05) is 13.0 Å². The molecule has 0 radical (unpaired) electrons. The molecule has 0 saturated carbocycles. The zero-order valence-electron chi connectivity index (χ0n) is 10.7. The van der Waals surface area contributed by atoms with E-state index in [0.717, 1.165) is 34.3 Å². The molecule has 0 fully saturated rings. The number of nitrogen functional groups attached to an aromatic ring is 1. The number of methoxy groups -OCH3 is 1. The number of aryl methyl sites for hydroxylation is 1. The predicted molar refractivity (Wildman–Crippen MR) is 75.2 cm³/mol. The van der Waals surface area contributed by atoms with E-state index in [9.17, 15) is 0 Å². The van der Waals surface area contributed by atoms with E-state index in [-0.39, 0.29) is 0 Å². The molecule has 2 rings (SSSR count). The van der Waals surface area contributed by atoms with Crippen molar-refractivity contribution in [3.63, 3.8) is 0 Å². The first-order chi connectivity index (χ1) is 8.63. The highest BCUT2D eigenvalue weighted by molar-refractivity contribution is 6.36. The van der Waals surface area contributed by atoms with Crippen LogP contribution in [0.2, 0.25) is 5.02 Å². The van der Waals surface area contributed by atoms with Crippen LogP contribution in [-0.2, 0) is 6.42 Å². The number of nitrogens with zero attached hydrogens (tertiary/aromatic N) is 1. The van der Waals surface area contributed by atoms with Gasteiger partial charge in [-0.25, -0.2) is 4.98 Å². The topological polar surface area (TPSA) is 60.2 Å². The molecule has 2 aromatic rings. The van der Waals surface area contributed by atoms with Crippen molar-refractivity contribution in [2.24, 2.45) is 5.84 Å². The van der Waals surface area contributed by atoms with Crippen LogP contribution in [0.1, 0.15) is 18.2 Å². The molecule has 96 valence electrons. The Kier molecular flexibility index (Phi) is 3.59. The van der Waals surface area contributed by atoms with E-state index in [1.165, 1.54) is 0 Å². The molecule has 0 bridgehead atoms. The fraction of sp³-hybridized carbons (Fsp3) is 0.308. The summed E-state index contributed by atoms with van der Waals surface area (Å²) in [6, 6.07) is 3.60. The number of ether oxygens (including phenoxy) is 1. The minimum Gasteiger partial charge on any atom is -0.494 e. The fourth-order valence-electron chi connectivity index (χ4n) is 2.22. The number of rotatable bonds is 3. The van der Waals surface area contributed by atoms with Crippen LogP contribution in [-0.4, -0.2) is 12.1 Å². The van der Waals surface area contributed by atoms with Crippen LogP contribution in [0, 0.1) is 6.92 Å². The van der Waals surface area contributed by atoms with E-state index < -0.39 is 0 Å². The molecule has 4 nitrogen and oxygen atoms in total. The molecular formula is C13H16ClN3O. The summed E-state index contributed by atoms with van der Waals surface area (Å²) in [6.07, 6.45) is 0.835. The normalized spacial score (nSPS) is 10.7. The van der Waals surface area contributed by atoms with Crippen LogP contribution in [0.25, 0.3) is 10.9 Å². The van der Waals surface area contributed by atoms with E-state index >= 15 is 0 Å². The number of aromatic nitrogens is 1. The Hall–Kier alpha value is -1.52. The second-order valence-electron chi connectivity index (χ2n) is 4.02. The van der Waals surface area contributed by atoms with Gasteiger partial charge in [0.25, 0.3) is 0 Å². The van der Waals surface area contributed by atoms with Crippen molar-refractivity contribution in [2.45, 2.75) is 20.3 Å². The third-order valence-electron chi connectivity index (χ3n) is 3.08. The number of hydrogen-bond donors (Lipinski definition) is 2. The van der Waals surface area contributed by atoms with Gasteiger partial charge >= 0.3 is 0 Å². The molecule has 1 aromatic carbocycles. The lowest BCUT2D eigenvalue weighted by molar-refractivity contribution is 0.419. The van der Waals surface area contributed by atoms with Gasteiger partial charge in [-0.3, -0.25) is 5.84 Å². The van der Waals surface area contributed by atoms with Crippen molar-refractivity contribution in [1.82, 2.24) is 4.98 Å². The number of benzene rings is 1. The van der Waals surface area contributed by atoms with Gasteiger partial charge in [-0.2, -0.15) is 0 Å². The molecule has 18 heavy (non-hydrogen) atoms. The summed E-state index contributed by atoms with van der Waals surface area (Å²) >= 11 is 6.26. The third kappa shape index (κ3) is 1.87. The lowest BCUT2D eigenvalue weighted by Crippen LogP contribution is -2.12. The van der Waals surface area contributed by atoms with Gasteiger partial charge in [0, 0.05) is 11.1 Å². The highest BCUT2D eigenvalue weighted by Gasteiger charge is 2.16. The Labute approximate surface area is 111 Å². The molecular weight excluding hydrogens is 250 g/mol. The number of nitrogens with one attached hydrogen (secondary N) is 1. The average Bonchev–Trinajstić information content (AvgIpc) is 2.37. The van der Waals surface area contributed by atoms with Crippen LogP contribution in [0.5, 0.6) is 5.75 Å². The van der Waals surface area contributed by atoms with Crippen LogP contribution in [0.3, 0.4) is 0 Å². The van der Waals surface area contributed by atoms with Crippen LogP contribution < -0.4 is 16.0 Å². The van der Waals surface area contributed by atoms with Crippen molar-refractivity contribution < 1.29 is 4.74 Å². The average molecular weight is 266 g/mol. The number of hydrogen-bond acceptors (Lipinski definition) is 4. The molecule has 0 unspecified atom stereocenters. The largest absolute Gasteiger partial charge is 0.494 e. The van der Waals surface area contributed by atoms with Gasteiger partial charge in [0.2, 0.25) is 0 Å². The lowest BCUT2D eigenvalue weighted by Gasteiger charge is -2.16. The molecule has 0 aliphatic heterocycles. The second-order valence-corrected chi connectivity index (χ2v) is 4.43. The van der Waals surface area contributed by atoms with E-state index in [0.29, 0.717) is 10.8 Å². The Morgan fingerprint density at radius 2 is 2.17 bits per heavy atom. The van der Waals surface area contributed by atoms with Crippen molar-refractivity contribution in [3.8, 4) is 5.75 Å². The standard InChI is InChI=1S/C13H16ClN3O/c1-4-8-7(2)16-13-10(18-3)6-5-9(14)11(13)12(8)17-15/h5-6H,4,15H2,1-3H3,(H,16,17). The van der Waals surface area contributed by atoms with Gasteiger partial charge in [-0.05, 0) is 31.0 Å². The smallest absolute Gasteiger partial charge is 0.145 e. The first kappa shape index (κ1) is 12.9. The first-order valence-electron chi connectivity index (χ1n) is 5.76. The molecule has 5 heteroatoms. The summed E-state index contributed by atoms with van der Waals surface area (Å²) in [4.78, 5) is 4.58. The van der Waals surface area contributed by atoms with Gasteiger partial charge in [0.05, 0.1) is 17.8 Å². The van der Waals surface area contributed by atoms with Crippen molar-refractivity contribution in [1.29, 1.82) is 0 Å². The van der Waals surface area contributed by atoms with Gasteiger partial charge in [-0.1, -0.05) is 18.5 Å². The Balaban J connectivity index is 2.96. The zero-order chi connectivity index (χ0) is 13.3. The molecule has 1 heterocycles. The second kappa shape index (κ2) is 5.00. The summed E-state index contributed by atoms with van der Waals surface area (Å²) in [5.74, 6) is 6.34. The van der Waals surface area contributed by atoms with E-state index in [1.54, 1.807) is 13.2 Å². The van der Waals surface area contributed by atoms with Gasteiger partial charge in [0.15, 0.2) is 0 Å². The number of anilines is 1. The van der Waals surface area contributed by atoms with Crippen molar-refractivity contribution >= 4 is 28.2 Å². The van der Waals surface area contributed by atoms with Gasteiger partial charge in [0.1, 0.15) is 11.3 Å². The SMILES string of the molecule is CCc1c(C)nc2c(OC)ccc(Cl)c2c1NN. The number of hydrazine groups is 1. The first-order valence-corrected chi connectivity index (χ1v) is 6.14. The molecule has 0 amide bonds. The van der Waals surface area contributed by atoms with Crippen LogP contribution in [0.4, 0.5) is 5.69 Å². The summed E-state index contributed by atoms with van der Waals surface area (Å²) in [6.45, 7) is 4.02. The van der Waals surface area contributed by atoms with Gasteiger partial charge < -0.3 is 10.2 Å². The number of pyridine rings is 1. The highest BCUT2D eigenvalue weighted by Crippen LogP contribution is 2.37.